The number of piperidine rings is 1. The average Bonchev–Trinajstić information content (AvgIpc) is 3.21. The van der Waals surface area contributed by atoms with Crippen molar-refractivity contribution in [3.05, 3.63) is 71.2 Å². The van der Waals surface area contributed by atoms with Gasteiger partial charge in [0.2, 0.25) is 11.8 Å². The van der Waals surface area contributed by atoms with Gasteiger partial charge in [0.05, 0.1) is 0 Å². The van der Waals surface area contributed by atoms with Crippen LogP contribution in [0.5, 0.6) is 11.6 Å². The van der Waals surface area contributed by atoms with Crippen molar-refractivity contribution in [1.82, 2.24) is 19.7 Å². The summed E-state index contributed by atoms with van der Waals surface area (Å²) < 4.78 is 77.9. The van der Waals surface area contributed by atoms with E-state index >= 15 is 0 Å². The number of alkyl halides is 3. The van der Waals surface area contributed by atoms with Crippen LogP contribution in [0.3, 0.4) is 0 Å². The minimum Gasteiger partial charge on any atom is -0.483 e. The number of benzene rings is 1. The second kappa shape index (κ2) is 10.5. The topological polar surface area (TPSA) is 69.5 Å². The monoisotopic (exact) mass is 510 g/mol. The number of carbonyl (C=O) groups excluding carboxylic acids is 1. The molecule has 12 heteroatoms. The highest BCUT2D eigenvalue weighted by atomic mass is 19.4. The van der Waals surface area contributed by atoms with Crippen molar-refractivity contribution in [2.45, 2.75) is 45.2 Å². The number of pyridine rings is 1. The van der Waals surface area contributed by atoms with Gasteiger partial charge in [-0.15, -0.1) is 0 Å². The standard InChI is InChI=1S/C24H23F5N4O3/c1-15-11-20(24(27,28)29)31-33(15)13-22(34)32-9-7-17(8-10-32)36-21-6-5-16(12-30-21)14-35-23-18(25)3-2-4-19(23)26/h2-6,11-12,17H,7-10,13-14H2,1H3. The van der Waals surface area contributed by atoms with Gasteiger partial charge < -0.3 is 14.4 Å². The summed E-state index contributed by atoms with van der Waals surface area (Å²) in [6.45, 7) is 1.89. The smallest absolute Gasteiger partial charge is 0.435 e. The van der Waals surface area contributed by atoms with Gasteiger partial charge in [-0.1, -0.05) is 6.07 Å². The van der Waals surface area contributed by atoms with Crippen molar-refractivity contribution in [2.24, 2.45) is 0 Å². The fraction of sp³-hybridized carbons (Fsp3) is 0.375. The van der Waals surface area contributed by atoms with Gasteiger partial charge in [0.25, 0.3) is 0 Å². The van der Waals surface area contributed by atoms with Crippen LogP contribution in [0, 0.1) is 18.6 Å². The van der Waals surface area contributed by atoms with Gasteiger partial charge in [-0.05, 0) is 31.2 Å². The Kier molecular flexibility index (Phi) is 7.41. The van der Waals surface area contributed by atoms with Crippen LogP contribution in [-0.4, -0.2) is 44.8 Å². The SMILES string of the molecule is Cc1cc(C(F)(F)F)nn1CC(=O)N1CCC(Oc2ccc(COc3c(F)cccc3F)cn2)CC1. The van der Waals surface area contributed by atoms with Crippen molar-refractivity contribution in [3.8, 4) is 11.6 Å². The fourth-order valence-corrected chi connectivity index (χ4v) is 3.77. The first-order valence-electron chi connectivity index (χ1n) is 11.2. The number of amides is 1. The van der Waals surface area contributed by atoms with E-state index in [1.54, 1.807) is 17.0 Å². The van der Waals surface area contributed by atoms with E-state index in [4.69, 9.17) is 9.47 Å². The van der Waals surface area contributed by atoms with Crippen LogP contribution in [0.1, 0.15) is 29.8 Å². The van der Waals surface area contributed by atoms with Crippen LogP contribution in [0.25, 0.3) is 0 Å². The van der Waals surface area contributed by atoms with E-state index in [-0.39, 0.29) is 30.9 Å². The van der Waals surface area contributed by atoms with Gasteiger partial charge in [0, 0.05) is 49.5 Å². The molecule has 0 aliphatic carbocycles. The molecular formula is C24H23F5N4O3. The number of ether oxygens (including phenoxy) is 2. The van der Waals surface area contributed by atoms with Crippen LogP contribution < -0.4 is 9.47 Å². The zero-order valence-corrected chi connectivity index (χ0v) is 19.3. The van der Waals surface area contributed by atoms with E-state index in [9.17, 15) is 26.7 Å². The number of hydrogen-bond acceptors (Lipinski definition) is 5. The lowest BCUT2D eigenvalue weighted by Crippen LogP contribution is -2.43. The summed E-state index contributed by atoms with van der Waals surface area (Å²) in [5.41, 5.74) is -0.176. The molecule has 0 unspecified atom stereocenters. The largest absolute Gasteiger partial charge is 0.483 e. The molecule has 192 valence electrons. The average molecular weight is 510 g/mol. The van der Waals surface area contributed by atoms with Crippen LogP contribution in [0.2, 0.25) is 0 Å². The Labute approximate surface area is 203 Å². The number of hydrogen-bond donors (Lipinski definition) is 0. The van der Waals surface area contributed by atoms with E-state index in [2.05, 4.69) is 10.1 Å². The molecule has 1 aliphatic heterocycles. The molecule has 0 bridgehead atoms. The summed E-state index contributed by atoms with van der Waals surface area (Å²) >= 11 is 0. The number of carbonyl (C=O) groups is 1. The van der Waals surface area contributed by atoms with E-state index in [0.717, 1.165) is 22.9 Å². The van der Waals surface area contributed by atoms with Crippen molar-refractivity contribution in [1.29, 1.82) is 0 Å². The molecule has 4 rings (SSSR count). The highest BCUT2D eigenvalue weighted by Crippen LogP contribution is 2.28. The molecule has 1 aromatic carbocycles. The third-order valence-corrected chi connectivity index (χ3v) is 5.74. The van der Waals surface area contributed by atoms with Gasteiger partial charge in [-0.3, -0.25) is 9.48 Å². The molecule has 36 heavy (non-hydrogen) atoms. The maximum atomic E-state index is 13.7. The minimum absolute atomic E-state index is 0.0776. The highest BCUT2D eigenvalue weighted by molar-refractivity contribution is 5.76. The number of aryl methyl sites for hydroxylation is 1. The summed E-state index contributed by atoms with van der Waals surface area (Å²) in [5, 5.41) is 3.50. The molecule has 1 aliphatic rings. The first-order valence-corrected chi connectivity index (χ1v) is 11.2. The molecule has 0 radical (unpaired) electrons. The molecule has 0 spiro atoms. The lowest BCUT2D eigenvalue weighted by molar-refractivity contribution is -0.142. The predicted molar refractivity (Wildman–Crippen MR) is 117 cm³/mol. The Hall–Kier alpha value is -3.70. The Bertz CT molecular complexity index is 1190. The van der Waals surface area contributed by atoms with Crippen molar-refractivity contribution < 1.29 is 36.2 Å². The fourth-order valence-electron chi connectivity index (χ4n) is 3.77. The summed E-state index contributed by atoms with van der Waals surface area (Å²) in [6.07, 6.45) is -2.23. The molecule has 1 fully saturated rings. The normalized spacial score (nSPS) is 14.7. The van der Waals surface area contributed by atoms with Gasteiger partial charge in [0.15, 0.2) is 23.1 Å². The Morgan fingerprint density at radius 3 is 2.39 bits per heavy atom. The number of likely N-dealkylation sites (tertiary alicyclic amines) is 1. The molecule has 3 heterocycles. The molecule has 1 saturated heterocycles. The maximum Gasteiger partial charge on any atom is 0.435 e. The first kappa shape index (κ1) is 25.4. The second-order valence-corrected chi connectivity index (χ2v) is 8.37. The maximum absolute atomic E-state index is 13.7. The summed E-state index contributed by atoms with van der Waals surface area (Å²) in [6, 6.07) is 7.66. The highest BCUT2D eigenvalue weighted by Gasteiger charge is 2.35. The van der Waals surface area contributed by atoms with Crippen LogP contribution in [0.4, 0.5) is 22.0 Å². The molecular weight excluding hydrogens is 487 g/mol. The van der Waals surface area contributed by atoms with Gasteiger partial charge in [-0.2, -0.15) is 18.3 Å². The summed E-state index contributed by atoms with van der Waals surface area (Å²) in [7, 11) is 0. The van der Waals surface area contributed by atoms with E-state index < -0.39 is 29.3 Å². The Morgan fingerprint density at radius 2 is 1.81 bits per heavy atom. The lowest BCUT2D eigenvalue weighted by Gasteiger charge is -2.32. The molecule has 7 nitrogen and oxygen atoms in total. The number of halogens is 5. The third-order valence-electron chi connectivity index (χ3n) is 5.74. The molecule has 1 amide bonds. The molecule has 0 atom stereocenters. The number of rotatable bonds is 7. The van der Waals surface area contributed by atoms with Crippen LogP contribution in [0.15, 0.2) is 42.6 Å². The van der Waals surface area contributed by atoms with E-state index in [1.165, 1.54) is 19.2 Å². The molecule has 2 aromatic heterocycles. The van der Waals surface area contributed by atoms with E-state index in [0.29, 0.717) is 37.4 Å². The van der Waals surface area contributed by atoms with Gasteiger partial charge >= 0.3 is 6.18 Å². The van der Waals surface area contributed by atoms with Crippen molar-refractivity contribution in [2.75, 3.05) is 13.1 Å². The van der Waals surface area contributed by atoms with Gasteiger partial charge in [0.1, 0.15) is 19.3 Å². The van der Waals surface area contributed by atoms with Crippen molar-refractivity contribution in [3.63, 3.8) is 0 Å². The second-order valence-electron chi connectivity index (χ2n) is 8.37. The van der Waals surface area contributed by atoms with E-state index in [1.807, 2.05) is 0 Å². The zero-order valence-electron chi connectivity index (χ0n) is 19.3. The number of nitrogens with zero attached hydrogens (tertiary/aromatic N) is 4. The quantitative estimate of drug-likeness (QED) is 0.437. The number of para-hydroxylation sites is 1. The Morgan fingerprint density at radius 1 is 1.11 bits per heavy atom. The van der Waals surface area contributed by atoms with Crippen LogP contribution in [-0.2, 0) is 24.1 Å². The number of aromatic nitrogens is 3. The zero-order chi connectivity index (χ0) is 25.9. The van der Waals surface area contributed by atoms with Crippen molar-refractivity contribution >= 4 is 5.91 Å². The third kappa shape index (κ3) is 6.10. The lowest BCUT2D eigenvalue weighted by atomic mass is 10.1. The predicted octanol–water partition coefficient (Wildman–Crippen LogP) is 4.53. The molecule has 3 aromatic rings. The first-order chi connectivity index (χ1) is 17.1. The summed E-state index contributed by atoms with van der Waals surface area (Å²) in [4.78, 5) is 18.3. The minimum atomic E-state index is -4.56. The Balaban J connectivity index is 1.24. The summed E-state index contributed by atoms with van der Waals surface area (Å²) in [5.74, 6) is -2.01. The molecule has 0 N–H and O–H groups in total. The van der Waals surface area contributed by atoms with Gasteiger partial charge in [-0.25, -0.2) is 13.8 Å². The molecule has 0 saturated carbocycles. The van der Waals surface area contributed by atoms with Crippen LogP contribution >= 0.6 is 0 Å².